The van der Waals surface area contributed by atoms with Crippen molar-refractivity contribution in [2.24, 2.45) is 0 Å². The summed E-state index contributed by atoms with van der Waals surface area (Å²) in [7, 11) is 1.06. The van der Waals surface area contributed by atoms with Crippen LogP contribution in [0.3, 0.4) is 0 Å². The summed E-state index contributed by atoms with van der Waals surface area (Å²) in [5.41, 5.74) is 1.70. The van der Waals surface area contributed by atoms with Gasteiger partial charge in [0.05, 0.1) is 18.3 Å². The number of carbonyl (C=O) groups excluding carboxylic acids is 1. The summed E-state index contributed by atoms with van der Waals surface area (Å²) < 4.78 is 17.4. The highest BCUT2D eigenvalue weighted by Crippen LogP contribution is 2.38. The van der Waals surface area contributed by atoms with E-state index in [-0.39, 0.29) is 5.91 Å². The van der Waals surface area contributed by atoms with Gasteiger partial charge >= 0.3 is 7.12 Å². The van der Waals surface area contributed by atoms with Crippen LogP contribution in [0, 0.1) is 6.92 Å². The minimum Gasteiger partial charge on any atom is -0.481 e. The molecule has 1 aromatic rings. The zero-order valence-electron chi connectivity index (χ0n) is 16.1. The molecule has 0 atom stereocenters. The molecule has 0 aliphatic carbocycles. The smallest absolute Gasteiger partial charge is 0.481 e. The largest absolute Gasteiger partial charge is 0.492 e. The van der Waals surface area contributed by atoms with Crippen LogP contribution >= 0.6 is 0 Å². The van der Waals surface area contributed by atoms with Crippen LogP contribution < -0.4 is 10.1 Å². The Labute approximate surface area is 150 Å². The summed E-state index contributed by atoms with van der Waals surface area (Å²) in [5.74, 6) is 0.459. The molecule has 2 heterocycles. The second kappa shape index (κ2) is 7.18. The normalized spacial score (nSPS) is 19.0. The Hall–Kier alpha value is -1.86. The van der Waals surface area contributed by atoms with Crippen molar-refractivity contribution in [3.8, 4) is 5.88 Å². The van der Waals surface area contributed by atoms with Gasteiger partial charge in [-0.1, -0.05) is 6.08 Å². The predicted octanol–water partition coefficient (Wildman–Crippen LogP) is 2.55. The average molecular weight is 346 g/mol. The number of pyridine rings is 1. The van der Waals surface area contributed by atoms with E-state index in [0.717, 1.165) is 16.7 Å². The molecule has 0 spiro atoms. The van der Waals surface area contributed by atoms with Crippen molar-refractivity contribution in [2.75, 3.05) is 13.7 Å². The summed E-state index contributed by atoms with van der Waals surface area (Å²) >= 11 is 0. The second-order valence-electron chi connectivity index (χ2n) is 7.25. The number of nitrogens with zero attached hydrogens (tertiary/aromatic N) is 1. The highest BCUT2D eigenvalue weighted by Gasteiger charge is 2.52. The monoisotopic (exact) mass is 346 g/mol. The summed E-state index contributed by atoms with van der Waals surface area (Å²) in [4.78, 5) is 15.8. The molecule has 0 unspecified atom stereocenters. The van der Waals surface area contributed by atoms with Gasteiger partial charge in [-0.25, -0.2) is 4.98 Å². The Morgan fingerprint density at radius 3 is 2.36 bits per heavy atom. The predicted molar refractivity (Wildman–Crippen MR) is 98.3 cm³/mol. The Kier molecular flexibility index (Phi) is 5.59. The van der Waals surface area contributed by atoms with E-state index in [1.165, 1.54) is 6.92 Å². The van der Waals surface area contributed by atoms with E-state index in [2.05, 4.69) is 10.3 Å². The van der Waals surface area contributed by atoms with Crippen LogP contribution in [0.15, 0.2) is 17.6 Å². The fourth-order valence-corrected chi connectivity index (χ4v) is 2.44. The lowest BCUT2D eigenvalue weighted by Gasteiger charge is -2.32. The van der Waals surface area contributed by atoms with Crippen molar-refractivity contribution in [3.05, 3.63) is 28.9 Å². The number of aryl methyl sites for hydroxylation is 1. The summed E-state index contributed by atoms with van der Waals surface area (Å²) in [6.07, 6.45) is 1.96. The number of nitrogens with one attached hydrogen (secondary N) is 1. The van der Waals surface area contributed by atoms with Crippen LogP contribution in [0.4, 0.5) is 0 Å². The van der Waals surface area contributed by atoms with Gasteiger partial charge < -0.3 is 19.4 Å². The zero-order valence-corrected chi connectivity index (χ0v) is 16.1. The Morgan fingerprint density at radius 2 is 1.88 bits per heavy atom. The number of methoxy groups -OCH3 is 1. The summed E-state index contributed by atoms with van der Waals surface area (Å²) in [6, 6.07) is 3.74. The van der Waals surface area contributed by atoms with Crippen molar-refractivity contribution < 1.29 is 18.8 Å². The van der Waals surface area contributed by atoms with E-state index in [9.17, 15) is 4.79 Å². The molecule has 0 aromatic carbocycles. The van der Waals surface area contributed by atoms with Crippen LogP contribution in [0.1, 0.15) is 45.9 Å². The lowest BCUT2D eigenvalue weighted by molar-refractivity contribution is -0.118. The molecule has 1 aliphatic rings. The first-order valence-corrected chi connectivity index (χ1v) is 8.38. The van der Waals surface area contributed by atoms with Gasteiger partial charge in [-0.15, -0.1) is 0 Å². The molecule has 1 aliphatic heterocycles. The fraction of sp³-hybridized carbons (Fsp3) is 0.556. The third kappa shape index (κ3) is 4.41. The third-order valence-corrected chi connectivity index (χ3v) is 4.75. The molecule has 1 fully saturated rings. The number of rotatable bonds is 5. The Bertz CT molecular complexity index is 670. The van der Waals surface area contributed by atoms with E-state index in [1.807, 2.05) is 46.8 Å². The van der Waals surface area contributed by atoms with E-state index < -0.39 is 18.3 Å². The van der Waals surface area contributed by atoms with Crippen LogP contribution in [0.5, 0.6) is 5.88 Å². The molecule has 25 heavy (non-hydrogen) atoms. The maximum absolute atomic E-state index is 11.4. The van der Waals surface area contributed by atoms with E-state index >= 15 is 0 Å². The maximum atomic E-state index is 11.4. The molecule has 6 nitrogen and oxygen atoms in total. The summed E-state index contributed by atoms with van der Waals surface area (Å²) in [6.45, 7) is 11.8. The SMILES string of the molecule is COc1ccc(C=C(CNC(C)=O)B2OC(C)(C)C(C)(C)O2)c(C)n1. The number of carbonyl (C=O) groups is 1. The van der Waals surface area contributed by atoms with Gasteiger partial charge in [0.1, 0.15) is 0 Å². The van der Waals surface area contributed by atoms with Crippen molar-refractivity contribution in [2.45, 2.75) is 52.7 Å². The van der Waals surface area contributed by atoms with Crippen LogP contribution in [0.2, 0.25) is 0 Å². The van der Waals surface area contributed by atoms with Gasteiger partial charge in [0.2, 0.25) is 11.8 Å². The molecule has 0 bridgehead atoms. The standard InChI is InChI=1S/C18H27BN2O4/c1-12-14(8-9-16(21-12)23-7)10-15(11-20-13(2)22)19-24-17(3,4)18(5,6)25-19/h8-10H,11H2,1-7H3,(H,20,22). The highest BCUT2D eigenvalue weighted by atomic mass is 16.7. The molecule has 1 saturated heterocycles. The Balaban J connectivity index is 2.35. The lowest BCUT2D eigenvalue weighted by atomic mass is 9.77. The number of amides is 1. The first kappa shape index (κ1) is 19.5. The van der Waals surface area contributed by atoms with Gasteiger partial charge in [-0.2, -0.15) is 0 Å². The molecular weight excluding hydrogens is 319 g/mol. The molecule has 1 N–H and O–H groups in total. The number of hydrogen-bond donors (Lipinski definition) is 1. The van der Waals surface area contributed by atoms with E-state index in [4.69, 9.17) is 14.0 Å². The molecule has 1 amide bonds. The molecule has 2 rings (SSSR count). The van der Waals surface area contributed by atoms with Crippen molar-refractivity contribution in [3.63, 3.8) is 0 Å². The maximum Gasteiger partial charge on any atom is 0.492 e. The van der Waals surface area contributed by atoms with Crippen LogP contribution in [0.25, 0.3) is 6.08 Å². The van der Waals surface area contributed by atoms with Crippen molar-refractivity contribution >= 4 is 19.1 Å². The molecule has 0 saturated carbocycles. The molecule has 1 aromatic heterocycles. The topological polar surface area (TPSA) is 69.7 Å². The minimum atomic E-state index is -0.529. The lowest BCUT2D eigenvalue weighted by Crippen LogP contribution is -2.41. The van der Waals surface area contributed by atoms with Gasteiger partial charge in [-0.05, 0) is 51.7 Å². The zero-order chi connectivity index (χ0) is 18.8. The highest BCUT2D eigenvalue weighted by molar-refractivity contribution is 6.56. The van der Waals surface area contributed by atoms with Crippen LogP contribution in [-0.4, -0.2) is 42.9 Å². The Morgan fingerprint density at radius 1 is 1.28 bits per heavy atom. The number of ether oxygens (including phenoxy) is 1. The molecule has 0 radical (unpaired) electrons. The average Bonchev–Trinajstić information content (AvgIpc) is 2.72. The number of hydrogen-bond acceptors (Lipinski definition) is 5. The second-order valence-corrected chi connectivity index (χ2v) is 7.25. The quantitative estimate of drug-likeness (QED) is 0.830. The van der Waals surface area contributed by atoms with Gasteiger partial charge in [-0.3, -0.25) is 4.79 Å². The minimum absolute atomic E-state index is 0.105. The molecule has 7 heteroatoms. The fourth-order valence-electron chi connectivity index (χ4n) is 2.44. The first-order valence-electron chi connectivity index (χ1n) is 8.38. The molecular formula is C18H27BN2O4. The van der Waals surface area contributed by atoms with Gasteiger partial charge in [0.15, 0.2) is 0 Å². The van der Waals surface area contributed by atoms with Crippen molar-refractivity contribution in [1.29, 1.82) is 0 Å². The summed E-state index contributed by atoms with van der Waals surface area (Å²) in [5, 5.41) is 2.83. The molecule has 136 valence electrons. The van der Waals surface area contributed by atoms with Gasteiger partial charge in [0.25, 0.3) is 0 Å². The third-order valence-electron chi connectivity index (χ3n) is 4.75. The number of aromatic nitrogens is 1. The van der Waals surface area contributed by atoms with E-state index in [1.54, 1.807) is 13.2 Å². The first-order chi connectivity index (χ1) is 11.6. The van der Waals surface area contributed by atoms with Crippen molar-refractivity contribution in [1.82, 2.24) is 10.3 Å². The van der Waals surface area contributed by atoms with Crippen LogP contribution in [-0.2, 0) is 14.1 Å². The van der Waals surface area contributed by atoms with E-state index in [0.29, 0.717) is 12.4 Å². The van der Waals surface area contributed by atoms with Gasteiger partial charge in [0, 0.05) is 25.2 Å².